The highest BCUT2D eigenvalue weighted by molar-refractivity contribution is 7.99. The van der Waals surface area contributed by atoms with Crippen molar-refractivity contribution in [3.63, 3.8) is 0 Å². The van der Waals surface area contributed by atoms with Crippen LogP contribution in [0.25, 0.3) is 0 Å². The maximum atomic E-state index is 5.98. The van der Waals surface area contributed by atoms with Crippen LogP contribution < -0.4 is 10.5 Å². The van der Waals surface area contributed by atoms with E-state index in [4.69, 9.17) is 15.2 Å². The van der Waals surface area contributed by atoms with Crippen LogP contribution in [0.15, 0.2) is 18.2 Å². The fourth-order valence-electron chi connectivity index (χ4n) is 2.42. The predicted molar refractivity (Wildman–Crippen MR) is 85.3 cm³/mol. The quantitative estimate of drug-likeness (QED) is 0.872. The van der Waals surface area contributed by atoms with Crippen molar-refractivity contribution in [2.75, 3.05) is 13.2 Å². The number of hydrogen-bond donors (Lipinski definition) is 1. The zero-order chi connectivity index (χ0) is 14.5. The molecule has 4 heteroatoms. The second-order valence-electron chi connectivity index (χ2n) is 5.30. The molecule has 1 aromatic rings. The molecule has 1 saturated heterocycles. The fourth-order valence-corrected chi connectivity index (χ4v) is 3.65. The van der Waals surface area contributed by atoms with Crippen LogP contribution in [-0.2, 0) is 10.5 Å². The molecule has 2 N–H and O–H groups in total. The van der Waals surface area contributed by atoms with Gasteiger partial charge in [-0.25, -0.2) is 0 Å². The Balaban J connectivity index is 2.08. The van der Waals surface area contributed by atoms with Gasteiger partial charge in [-0.3, -0.25) is 0 Å². The summed E-state index contributed by atoms with van der Waals surface area (Å²) in [6.45, 7) is 7.77. The van der Waals surface area contributed by atoms with Gasteiger partial charge in [0.05, 0.1) is 12.7 Å². The van der Waals surface area contributed by atoms with E-state index in [0.29, 0.717) is 18.0 Å². The van der Waals surface area contributed by atoms with E-state index in [9.17, 15) is 0 Å². The molecule has 112 valence electrons. The van der Waals surface area contributed by atoms with Crippen LogP contribution in [0, 0.1) is 0 Å². The summed E-state index contributed by atoms with van der Waals surface area (Å²) in [6.07, 6.45) is 1.50. The summed E-state index contributed by atoms with van der Waals surface area (Å²) in [4.78, 5) is 0. The van der Waals surface area contributed by atoms with E-state index in [2.05, 4.69) is 19.1 Å². The van der Waals surface area contributed by atoms with E-state index in [1.54, 1.807) is 0 Å². The topological polar surface area (TPSA) is 44.5 Å². The standard InChI is InChI=1S/C16H25NO2S/c1-4-18-15-6-5-13(11(2)17)9-14(15)10-20-16-7-8-19-12(16)3/h5-6,9,11-12,16H,4,7-8,10,17H2,1-3H3. The van der Waals surface area contributed by atoms with Crippen molar-refractivity contribution in [1.29, 1.82) is 0 Å². The van der Waals surface area contributed by atoms with Crippen LogP contribution in [0.1, 0.15) is 44.4 Å². The van der Waals surface area contributed by atoms with Crippen LogP contribution in [0.3, 0.4) is 0 Å². The van der Waals surface area contributed by atoms with Gasteiger partial charge in [-0.05, 0) is 44.9 Å². The maximum absolute atomic E-state index is 5.98. The Kier molecular flexibility index (Phi) is 5.75. The van der Waals surface area contributed by atoms with Gasteiger partial charge in [0, 0.05) is 29.2 Å². The predicted octanol–water partition coefficient (Wildman–Crippen LogP) is 3.52. The maximum Gasteiger partial charge on any atom is 0.123 e. The molecule has 2 rings (SSSR count). The summed E-state index contributed by atoms with van der Waals surface area (Å²) in [5, 5.41) is 0.587. The molecule has 1 aliphatic rings. The van der Waals surface area contributed by atoms with Crippen molar-refractivity contribution in [3.05, 3.63) is 29.3 Å². The molecule has 1 aliphatic heterocycles. The smallest absolute Gasteiger partial charge is 0.123 e. The lowest BCUT2D eigenvalue weighted by molar-refractivity contribution is 0.127. The molecule has 1 aromatic carbocycles. The van der Waals surface area contributed by atoms with E-state index in [1.165, 1.54) is 11.1 Å². The first-order valence-corrected chi connectivity index (χ1v) is 8.41. The third-order valence-corrected chi connectivity index (χ3v) is 5.19. The largest absolute Gasteiger partial charge is 0.494 e. The SMILES string of the molecule is CCOc1ccc(C(C)N)cc1CSC1CCOC1C. The Morgan fingerprint density at radius 1 is 1.50 bits per heavy atom. The van der Waals surface area contributed by atoms with Crippen molar-refractivity contribution in [1.82, 2.24) is 0 Å². The third-order valence-electron chi connectivity index (χ3n) is 3.67. The second kappa shape index (κ2) is 7.34. The van der Waals surface area contributed by atoms with Crippen molar-refractivity contribution >= 4 is 11.8 Å². The van der Waals surface area contributed by atoms with Crippen LogP contribution in [0.4, 0.5) is 0 Å². The van der Waals surface area contributed by atoms with Gasteiger partial charge in [0.25, 0.3) is 0 Å². The van der Waals surface area contributed by atoms with Gasteiger partial charge in [0.1, 0.15) is 5.75 Å². The Morgan fingerprint density at radius 2 is 2.30 bits per heavy atom. The molecule has 0 aliphatic carbocycles. The first-order chi connectivity index (χ1) is 9.61. The lowest BCUT2D eigenvalue weighted by atomic mass is 10.1. The number of nitrogens with two attached hydrogens (primary N) is 1. The summed E-state index contributed by atoms with van der Waals surface area (Å²) in [7, 11) is 0. The van der Waals surface area contributed by atoms with Gasteiger partial charge < -0.3 is 15.2 Å². The Morgan fingerprint density at radius 3 is 2.90 bits per heavy atom. The number of hydrogen-bond acceptors (Lipinski definition) is 4. The van der Waals surface area contributed by atoms with E-state index in [1.807, 2.05) is 31.7 Å². The van der Waals surface area contributed by atoms with Crippen LogP contribution in [0.5, 0.6) is 5.75 Å². The molecule has 1 heterocycles. The van der Waals surface area contributed by atoms with Crippen molar-refractivity contribution in [3.8, 4) is 5.75 Å². The molecule has 0 saturated carbocycles. The normalized spacial score (nSPS) is 23.8. The molecule has 3 nitrogen and oxygen atoms in total. The molecule has 0 amide bonds. The van der Waals surface area contributed by atoms with Crippen LogP contribution in [-0.4, -0.2) is 24.6 Å². The summed E-state index contributed by atoms with van der Waals surface area (Å²) < 4.78 is 11.3. The molecule has 0 bridgehead atoms. The number of rotatable bonds is 6. The zero-order valence-corrected chi connectivity index (χ0v) is 13.4. The number of thioether (sulfide) groups is 1. The third kappa shape index (κ3) is 3.90. The van der Waals surface area contributed by atoms with Gasteiger partial charge in [-0.1, -0.05) is 6.07 Å². The highest BCUT2D eigenvalue weighted by atomic mass is 32.2. The highest BCUT2D eigenvalue weighted by Gasteiger charge is 2.24. The van der Waals surface area contributed by atoms with Crippen LogP contribution in [0.2, 0.25) is 0 Å². The average Bonchev–Trinajstić information content (AvgIpc) is 2.83. The lowest BCUT2D eigenvalue weighted by Crippen LogP contribution is -2.13. The molecule has 3 unspecified atom stereocenters. The highest BCUT2D eigenvalue weighted by Crippen LogP contribution is 2.33. The molecule has 0 aromatic heterocycles. The Labute approximate surface area is 126 Å². The van der Waals surface area contributed by atoms with Gasteiger partial charge in [0.15, 0.2) is 0 Å². The van der Waals surface area contributed by atoms with E-state index in [-0.39, 0.29) is 6.04 Å². The second-order valence-corrected chi connectivity index (χ2v) is 6.53. The van der Waals surface area contributed by atoms with E-state index in [0.717, 1.165) is 24.5 Å². The minimum absolute atomic E-state index is 0.0585. The molecule has 3 atom stereocenters. The van der Waals surface area contributed by atoms with Gasteiger partial charge in [-0.15, -0.1) is 0 Å². The van der Waals surface area contributed by atoms with E-state index < -0.39 is 0 Å². The first-order valence-electron chi connectivity index (χ1n) is 7.36. The van der Waals surface area contributed by atoms with Crippen molar-refractivity contribution in [2.24, 2.45) is 5.73 Å². The summed E-state index contributed by atoms with van der Waals surface area (Å²) >= 11 is 1.96. The first kappa shape index (κ1) is 15.7. The van der Waals surface area contributed by atoms with Crippen molar-refractivity contribution < 1.29 is 9.47 Å². The molecular weight excluding hydrogens is 270 g/mol. The molecule has 0 radical (unpaired) electrons. The number of ether oxygens (including phenoxy) is 2. The Hall–Kier alpha value is -0.710. The molecule has 1 fully saturated rings. The summed E-state index contributed by atoms with van der Waals surface area (Å²) in [5.74, 6) is 1.94. The minimum Gasteiger partial charge on any atom is -0.494 e. The molecule has 0 spiro atoms. The van der Waals surface area contributed by atoms with Crippen LogP contribution >= 0.6 is 11.8 Å². The fraction of sp³-hybridized carbons (Fsp3) is 0.625. The molecular formula is C16H25NO2S. The van der Waals surface area contributed by atoms with Gasteiger partial charge in [-0.2, -0.15) is 11.8 Å². The van der Waals surface area contributed by atoms with E-state index >= 15 is 0 Å². The zero-order valence-electron chi connectivity index (χ0n) is 12.6. The van der Waals surface area contributed by atoms with Gasteiger partial charge >= 0.3 is 0 Å². The average molecular weight is 295 g/mol. The summed E-state index contributed by atoms with van der Waals surface area (Å²) in [5.41, 5.74) is 8.39. The Bertz CT molecular complexity index is 436. The summed E-state index contributed by atoms with van der Waals surface area (Å²) in [6, 6.07) is 6.35. The van der Waals surface area contributed by atoms with Gasteiger partial charge in [0.2, 0.25) is 0 Å². The molecule has 20 heavy (non-hydrogen) atoms. The lowest BCUT2D eigenvalue weighted by Gasteiger charge is -2.17. The minimum atomic E-state index is 0.0585. The van der Waals surface area contributed by atoms with Crippen molar-refractivity contribution in [2.45, 2.75) is 50.3 Å². The monoisotopic (exact) mass is 295 g/mol. The number of benzene rings is 1.